The zero-order chi connectivity index (χ0) is 14.7. The van der Waals surface area contributed by atoms with Crippen LogP contribution in [0, 0.1) is 5.92 Å². The molecule has 0 aromatic heterocycles. The Bertz CT molecular complexity index is 579. The predicted octanol–water partition coefficient (Wildman–Crippen LogP) is 3.71. The number of hydrogen-bond donors (Lipinski definition) is 0. The van der Waals surface area contributed by atoms with Crippen molar-refractivity contribution in [2.45, 2.75) is 26.3 Å². The normalized spacial score (nSPS) is 18.4. The Morgan fingerprint density at radius 1 is 0.905 bits per heavy atom. The fourth-order valence-electron chi connectivity index (χ4n) is 3.00. The molecule has 0 N–H and O–H groups in total. The molecule has 108 valence electrons. The van der Waals surface area contributed by atoms with E-state index in [1.807, 2.05) is 0 Å². The van der Waals surface area contributed by atoms with E-state index in [0.29, 0.717) is 5.92 Å². The van der Waals surface area contributed by atoms with Crippen molar-refractivity contribution in [2.24, 2.45) is 5.92 Å². The molecule has 3 rings (SSSR count). The maximum atomic E-state index is 6.64. The summed E-state index contributed by atoms with van der Waals surface area (Å²) < 4.78 is 6.64. The van der Waals surface area contributed by atoms with Crippen LogP contribution in [0.4, 0.5) is 0 Å². The van der Waals surface area contributed by atoms with Crippen LogP contribution in [0.5, 0.6) is 0 Å². The Labute approximate surface area is 128 Å². The molecule has 2 aromatic carbocycles. The molecule has 2 heteroatoms. The van der Waals surface area contributed by atoms with Gasteiger partial charge in [-0.15, -0.1) is 0 Å². The van der Waals surface area contributed by atoms with Gasteiger partial charge >= 0.3 is 8.32 Å². The van der Waals surface area contributed by atoms with Gasteiger partial charge in [0.1, 0.15) is 0 Å². The molecule has 1 unspecified atom stereocenters. The summed E-state index contributed by atoms with van der Waals surface area (Å²) in [7, 11) is -2.16. The first-order valence-electron chi connectivity index (χ1n) is 7.69. The molecule has 0 bridgehead atoms. The average molecular weight is 294 g/mol. The van der Waals surface area contributed by atoms with Crippen LogP contribution in [0.1, 0.15) is 19.8 Å². The van der Waals surface area contributed by atoms with Gasteiger partial charge in [-0.2, -0.15) is 0 Å². The number of hydrogen-bond acceptors (Lipinski definition) is 1. The molecule has 0 saturated heterocycles. The summed E-state index contributed by atoms with van der Waals surface area (Å²) in [4.78, 5) is 0. The molecule has 1 atom stereocenters. The largest absolute Gasteiger partial charge is 0.538 e. The van der Waals surface area contributed by atoms with Crippen molar-refractivity contribution >= 4 is 18.7 Å². The maximum absolute atomic E-state index is 6.64. The number of allylic oxidation sites excluding steroid dienone is 2. The molecule has 1 aliphatic carbocycles. The molecule has 0 aliphatic heterocycles. The van der Waals surface area contributed by atoms with Gasteiger partial charge in [0.2, 0.25) is 0 Å². The highest BCUT2D eigenvalue weighted by atomic mass is 28.4. The van der Waals surface area contributed by atoms with E-state index in [4.69, 9.17) is 4.43 Å². The summed E-state index contributed by atoms with van der Waals surface area (Å²) in [6, 6.07) is 21.4. The summed E-state index contributed by atoms with van der Waals surface area (Å²) in [6.45, 7) is 4.57. The van der Waals surface area contributed by atoms with E-state index in [0.717, 1.165) is 6.42 Å². The molecule has 1 aliphatic rings. The lowest BCUT2D eigenvalue weighted by Gasteiger charge is -2.30. The van der Waals surface area contributed by atoms with Crippen LogP contribution in [0.2, 0.25) is 6.55 Å². The highest BCUT2D eigenvalue weighted by molar-refractivity contribution is 6.96. The molecule has 0 saturated carbocycles. The van der Waals surface area contributed by atoms with Crippen LogP contribution in [-0.2, 0) is 4.43 Å². The van der Waals surface area contributed by atoms with E-state index < -0.39 is 8.32 Å². The van der Waals surface area contributed by atoms with Crippen LogP contribution < -0.4 is 10.4 Å². The van der Waals surface area contributed by atoms with Crippen molar-refractivity contribution in [1.82, 2.24) is 0 Å². The van der Waals surface area contributed by atoms with Crippen LogP contribution in [0.15, 0.2) is 72.5 Å². The highest BCUT2D eigenvalue weighted by Gasteiger charge is 2.37. The van der Waals surface area contributed by atoms with E-state index in [2.05, 4.69) is 80.2 Å². The molecule has 0 radical (unpaired) electrons. The minimum atomic E-state index is -2.16. The van der Waals surface area contributed by atoms with Crippen LogP contribution in [-0.4, -0.2) is 8.32 Å². The SMILES string of the molecule is CC1C=C(O[Si](C)(c2ccccc2)c2ccccc2)CC1. The first-order chi connectivity index (χ1) is 10.2. The zero-order valence-corrected chi connectivity index (χ0v) is 13.8. The Balaban J connectivity index is 2.01. The van der Waals surface area contributed by atoms with E-state index in [9.17, 15) is 0 Å². The van der Waals surface area contributed by atoms with E-state index in [1.165, 1.54) is 22.6 Å². The van der Waals surface area contributed by atoms with Crippen molar-refractivity contribution in [1.29, 1.82) is 0 Å². The molecule has 0 amide bonds. The number of rotatable bonds is 4. The monoisotopic (exact) mass is 294 g/mol. The second-order valence-corrected chi connectivity index (χ2v) is 9.44. The summed E-state index contributed by atoms with van der Waals surface area (Å²) in [5, 5.41) is 2.66. The Morgan fingerprint density at radius 3 is 1.86 bits per heavy atom. The molecular weight excluding hydrogens is 272 g/mol. The lowest BCUT2D eigenvalue weighted by Crippen LogP contribution is -2.58. The minimum Gasteiger partial charge on any atom is -0.538 e. The standard InChI is InChI=1S/C19H22OSi/c1-16-13-14-17(15-16)20-21(2,18-9-5-3-6-10-18)19-11-7-4-8-12-19/h3-12,15-16H,13-14H2,1-2H3. The van der Waals surface area contributed by atoms with E-state index in [1.54, 1.807) is 0 Å². The van der Waals surface area contributed by atoms with Crippen molar-refractivity contribution in [3.63, 3.8) is 0 Å². The van der Waals surface area contributed by atoms with Gasteiger partial charge in [-0.05, 0) is 35.3 Å². The molecule has 2 aromatic rings. The van der Waals surface area contributed by atoms with Crippen molar-refractivity contribution in [3.8, 4) is 0 Å². The zero-order valence-electron chi connectivity index (χ0n) is 12.8. The Hall–Kier alpha value is -1.80. The molecule has 0 fully saturated rings. The van der Waals surface area contributed by atoms with Gasteiger partial charge in [-0.3, -0.25) is 0 Å². The summed E-state index contributed by atoms with van der Waals surface area (Å²) in [5.74, 6) is 1.83. The van der Waals surface area contributed by atoms with E-state index >= 15 is 0 Å². The van der Waals surface area contributed by atoms with Crippen molar-refractivity contribution in [3.05, 3.63) is 72.5 Å². The van der Waals surface area contributed by atoms with Crippen molar-refractivity contribution < 1.29 is 4.43 Å². The molecule has 0 spiro atoms. The van der Waals surface area contributed by atoms with Gasteiger partial charge in [0, 0.05) is 6.42 Å². The van der Waals surface area contributed by atoms with Gasteiger partial charge in [-0.25, -0.2) is 0 Å². The van der Waals surface area contributed by atoms with Gasteiger partial charge in [0.25, 0.3) is 0 Å². The van der Waals surface area contributed by atoms with Crippen LogP contribution >= 0.6 is 0 Å². The van der Waals surface area contributed by atoms with E-state index in [-0.39, 0.29) is 0 Å². The van der Waals surface area contributed by atoms with Gasteiger partial charge in [0.05, 0.1) is 5.76 Å². The smallest absolute Gasteiger partial charge is 0.311 e. The highest BCUT2D eigenvalue weighted by Crippen LogP contribution is 2.27. The second-order valence-electron chi connectivity index (χ2n) is 6.02. The average Bonchev–Trinajstić information content (AvgIpc) is 2.94. The third kappa shape index (κ3) is 2.95. The molecule has 1 nitrogen and oxygen atoms in total. The summed E-state index contributed by atoms with van der Waals surface area (Å²) in [6.07, 6.45) is 4.59. The molecular formula is C19H22OSi. The first kappa shape index (κ1) is 14.1. The lowest BCUT2D eigenvalue weighted by molar-refractivity contribution is 0.417. The summed E-state index contributed by atoms with van der Waals surface area (Å²) >= 11 is 0. The van der Waals surface area contributed by atoms with Crippen molar-refractivity contribution in [2.75, 3.05) is 0 Å². The summed E-state index contributed by atoms with van der Waals surface area (Å²) in [5.41, 5.74) is 0. The third-order valence-electron chi connectivity index (χ3n) is 4.30. The Kier molecular flexibility index (Phi) is 3.98. The fraction of sp³-hybridized carbons (Fsp3) is 0.263. The van der Waals surface area contributed by atoms with Gasteiger partial charge in [-0.1, -0.05) is 67.6 Å². The van der Waals surface area contributed by atoms with Gasteiger partial charge < -0.3 is 4.43 Å². The maximum Gasteiger partial charge on any atom is 0.311 e. The van der Waals surface area contributed by atoms with Crippen LogP contribution in [0.3, 0.4) is 0 Å². The number of benzene rings is 2. The lowest BCUT2D eigenvalue weighted by atomic mass is 10.2. The topological polar surface area (TPSA) is 9.23 Å². The second kappa shape index (κ2) is 5.90. The third-order valence-corrected chi connectivity index (χ3v) is 7.84. The fourth-order valence-corrected chi connectivity index (χ4v) is 5.92. The van der Waals surface area contributed by atoms with Crippen LogP contribution in [0.25, 0.3) is 0 Å². The first-order valence-corrected chi connectivity index (χ1v) is 10.1. The molecule has 21 heavy (non-hydrogen) atoms. The quantitative estimate of drug-likeness (QED) is 0.781. The predicted molar refractivity (Wildman–Crippen MR) is 91.3 cm³/mol. The molecule has 0 heterocycles. The Morgan fingerprint density at radius 2 is 1.43 bits per heavy atom. The minimum absolute atomic E-state index is 0.643. The van der Waals surface area contributed by atoms with Gasteiger partial charge in [0.15, 0.2) is 0 Å².